The number of esters is 1. The highest BCUT2D eigenvalue weighted by molar-refractivity contribution is 5.98. The van der Waals surface area contributed by atoms with Crippen molar-refractivity contribution in [3.05, 3.63) is 29.8 Å². The molecule has 1 aliphatic heterocycles. The first-order valence-electron chi connectivity index (χ1n) is 8.25. The molecule has 0 aliphatic carbocycles. The molecule has 1 amide bonds. The van der Waals surface area contributed by atoms with E-state index >= 15 is 0 Å². The highest BCUT2D eigenvalue weighted by Gasteiger charge is 2.33. The van der Waals surface area contributed by atoms with Gasteiger partial charge in [-0.3, -0.25) is 14.5 Å². The summed E-state index contributed by atoms with van der Waals surface area (Å²) >= 11 is 0. The number of hydrogen-bond donors (Lipinski definition) is 0. The molecule has 0 radical (unpaired) electrons. The number of amides is 1. The summed E-state index contributed by atoms with van der Waals surface area (Å²) in [5.74, 6) is 0.222. The van der Waals surface area contributed by atoms with Crippen LogP contribution >= 0.6 is 0 Å². The number of carbonyl (C=O) groups is 2. The van der Waals surface area contributed by atoms with Gasteiger partial charge in [-0.1, -0.05) is 26.0 Å². The minimum absolute atomic E-state index is 0.0258. The van der Waals surface area contributed by atoms with E-state index in [1.54, 1.807) is 11.8 Å². The van der Waals surface area contributed by atoms with Crippen LogP contribution in [0.2, 0.25) is 0 Å². The molecular formula is C18H26N2O3. The second-order valence-corrected chi connectivity index (χ2v) is 6.19. The molecule has 1 heterocycles. The Balaban J connectivity index is 2.04. The monoisotopic (exact) mass is 318 g/mol. The summed E-state index contributed by atoms with van der Waals surface area (Å²) in [7, 11) is 0. The number of benzene rings is 1. The summed E-state index contributed by atoms with van der Waals surface area (Å²) in [6.07, 6.45) is 0. The standard InChI is InChI=1S/C18H26N2O3/c1-5-23-17(21)12-19-10-11-20(18(22)14(19)4)16-8-6-15(7-9-16)13(2)3/h6-9,13-14H,5,10-12H2,1-4H3. The average molecular weight is 318 g/mol. The van der Waals surface area contributed by atoms with Crippen molar-refractivity contribution in [1.82, 2.24) is 4.90 Å². The zero-order valence-corrected chi connectivity index (χ0v) is 14.4. The van der Waals surface area contributed by atoms with Crippen LogP contribution in [-0.2, 0) is 14.3 Å². The molecule has 1 aromatic carbocycles. The lowest BCUT2D eigenvalue weighted by Crippen LogP contribution is -2.57. The third-order valence-corrected chi connectivity index (χ3v) is 4.29. The maximum absolute atomic E-state index is 12.6. The Morgan fingerprint density at radius 3 is 2.48 bits per heavy atom. The summed E-state index contributed by atoms with van der Waals surface area (Å²) in [6.45, 7) is 9.71. The largest absolute Gasteiger partial charge is 0.465 e. The summed E-state index contributed by atoms with van der Waals surface area (Å²) in [5, 5.41) is 0. The lowest BCUT2D eigenvalue weighted by atomic mass is 10.0. The van der Waals surface area contributed by atoms with Crippen molar-refractivity contribution in [3.63, 3.8) is 0 Å². The van der Waals surface area contributed by atoms with Crippen LogP contribution in [0.15, 0.2) is 24.3 Å². The van der Waals surface area contributed by atoms with E-state index in [4.69, 9.17) is 4.74 Å². The molecule has 0 spiro atoms. The Morgan fingerprint density at radius 2 is 1.91 bits per heavy atom. The molecule has 23 heavy (non-hydrogen) atoms. The molecule has 1 fully saturated rings. The highest BCUT2D eigenvalue weighted by Crippen LogP contribution is 2.23. The number of carbonyl (C=O) groups excluding carboxylic acids is 2. The van der Waals surface area contributed by atoms with Gasteiger partial charge in [0.05, 0.1) is 19.2 Å². The van der Waals surface area contributed by atoms with E-state index in [0.29, 0.717) is 25.6 Å². The molecule has 0 aromatic heterocycles. The molecule has 1 aromatic rings. The Hall–Kier alpha value is -1.88. The van der Waals surface area contributed by atoms with E-state index in [1.807, 2.05) is 24.0 Å². The molecule has 0 N–H and O–H groups in total. The SMILES string of the molecule is CCOC(=O)CN1CCN(c2ccc(C(C)C)cc2)C(=O)C1C. The Bertz CT molecular complexity index is 554. The number of ether oxygens (including phenoxy) is 1. The number of piperazine rings is 1. The minimum atomic E-state index is -0.321. The lowest BCUT2D eigenvalue weighted by Gasteiger charge is -2.38. The molecule has 1 unspecified atom stereocenters. The molecular weight excluding hydrogens is 292 g/mol. The van der Waals surface area contributed by atoms with Gasteiger partial charge in [0.15, 0.2) is 0 Å². The summed E-state index contributed by atoms with van der Waals surface area (Å²) in [5.41, 5.74) is 2.18. The predicted molar refractivity (Wildman–Crippen MR) is 90.6 cm³/mol. The van der Waals surface area contributed by atoms with Gasteiger partial charge in [-0.15, -0.1) is 0 Å². The summed E-state index contributed by atoms with van der Waals surface area (Å²) < 4.78 is 4.97. The van der Waals surface area contributed by atoms with E-state index in [0.717, 1.165) is 5.69 Å². The molecule has 5 heteroatoms. The minimum Gasteiger partial charge on any atom is -0.465 e. The zero-order valence-electron chi connectivity index (χ0n) is 14.4. The third-order valence-electron chi connectivity index (χ3n) is 4.29. The van der Waals surface area contributed by atoms with Crippen molar-refractivity contribution < 1.29 is 14.3 Å². The van der Waals surface area contributed by atoms with Crippen LogP contribution in [0, 0.1) is 0 Å². The van der Waals surface area contributed by atoms with Gasteiger partial charge in [-0.25, -0.2) is 0 Å². The number of anilines is 1. The van der Waals surface area contributed by atoms with Crippen LogP contribution < -0.4 is 4.90 Å². The Kier molecular flexibility index (Phi) is 5.77. The number of rotatable bonds is 5. The lowest BCUT2D eigenvalue weighted by molar-refractivity contribution is -0.145. The highest BCUT2D eigenvalue weighted by atomic mass is 16.5. The first-order valence-corrected chi connectivity index (χ1v) is 8.25. The number of nitrogens with zero attached hydrogens (tertiary/aromatic N) is 2. The third kappa shape index (κ3) is 4.10. The van der Waals surface area contributed by atoms with Gasteiger partial charge in [-0.05, 0) is 37.5 Å². The second kappa shape index (κ2) is 7.59. The molecule has 0 saturated carbocycles. The van der Waals surface area contributed by atoms with E-state index in [-0.39, 0.29) is 24.5 Å². The molecule has 1 atom stereocenters. The van der Waals surface area contributed by atoms with Crippen molar-refractivity contribution in [2.45, 2.75) is 39.7 Å². The maximum Gasteiger partial charge on any atom is 0.320 e. The van der Waals surface area contributed by atoms with Crippen LogP contribution in [0.4, 0.5) is 5.69 Å². The quantitative estimate of drug-likeness (QED) is 0.782. The first-order chi connectivity index (χ1) is 10.9. The second-order valence-electron chi connectivity index (χ2n) is 6.19. The number of hydrogen-bond acceptors (Lipinski definition) is 4. The predicted octanol–water partition coefficient (Wildman–Crippen LogP) is 2.41. The normalized spacial score (nSPS) is 19.3. The van der Waals surface area contributed by atoms with Gasteiger partial charge >= 0.3 is 5.97 Å². The van der Waals surface area contributed by atoms with Crippen LogP contribution in [0.5, 0.6) is 0 Å². The molecule has 1 saturated heterocycles. The van der Waals surface area contributed by atoms with E-state index in [9.17, 15) is 9.59 Å². The molecule has 1 aliphatic rings. The topological polar surface area (TPSA) is 49.9 Å². The van der Waals surface area contributed by atoms with Gasteiger partial charge in [0.1, 0.15) is 0 Å². The molecule has 126 valence electrons. The van der Waals surface area contributed by atoms with Crippen molar-refractivity contribution in [3.8, 4) is 0 Å². The summed E-state index contributed by atoms with van der Waals surface area (Å²) in [6, 6.07) is 7.83. The van der Waals surface area contributed by atoms with Crippen LogP contribution in [0.25, 0.3) is 0 Å². The smallest absolute Gasteiger partial charge is 0.320 e. The van der Waals surface area contributed by atoms with Crippen LogP contribution in [0.1, 0.15) is 39.2 Å². The molecule has 5 nitrogen and oxygen atoms in total. The van der Waals surface area contributed by atoms with Gasteiger partial charge in [-0.2, -0.15) is 0 Å². The van der Waals surface area contributed by atoms with Gasteiger partial charge in [0, 0.05) is 18.8 Å². The Labute approximate surface area is 138 Å². The van der Waals surface area contributed by atoms with Crippen molar-refractivity contribution in [1.29, 1.82) is 0 Å². The van der Waals surface area contributed by atoms with E-state index in [2.05, 4.69) is 26.0 Å². The van der Waals surface area contributed by atoms with Gasteiger partial charge in [0.25, 0.3) is 0 Å². The first kappa shape index (κ1) is 17.5. The van der Waals surface area contributed by atoms with Crippen molar-refractivity contribution >= 4 is 17.6 Å². The van der Waals surface area contributed by atoms with E-state index < -0.39 is 0 Å². The molecule has 0 bridgehead atoms. The van der Waals surface area contributed by atoms with Gasteiger partial charge in [0.2, 0.25) is 5.91 Å². The zero-order chi connectivity index (χ0) is 17.0. The van der Waals surface area contributed by atoms with Crippen molar-refractivity contribution in [2.24, 2.45) is 0 Å². The van der Waals surface area contributed by atoms with E-state index in [1.165, 1.54) is 5.56 Å². The Morgan fingerprint density at radius 1 is 1.26 bits per heavy atom. The maximum atomic E-state index is 12.6. The van der Waals surface area contributed by atoms with Crippen LogP contribution in [-0.4, -0.2) is 49.1 Å². The average Bonchev–Trinajstić information content (AvgIpc) is 2.52. The molecule has 2 rings (SSSR count). The van der Waals surface area contributed by atoms with Crippen molar-refractivity contribution in [2.75, 3.05) is 31.1 Å². The van der Waals surface area contributed by atoms with Crippen LogP contribution in [0.3, 0.4) is 0 Å². The van der Waals surface area contributed by atoms with Gasteiger partial charge < -0.3 is 9.64 Å². The fraction of sp³-hybridized carbons (Fsp3) is 0.556. The summed E-state index contributed by atoms with van der Waals surface area (Å²) in [4.78, 5) is 27.9. The fourth-order valence-corrected chi connectivity index (χ4v) is 2.80. The fourth-order valence-electron chi connectivity index (χ4n) is 2.80.